The third-order valence-electron chi connectivity index (χ3n) is 3.16. The molecule has 0 bridgehead atoms. The second-order valence-corrected chi connectivity index (χ2v) is 6.43. The first-order valence-corrected chi connectivity index (χ1v) is 8.66. The van der Waals surface area contributed by atoms with Crippen LogP contribution < -0.4 is 4.74 Å². The number of hydrogen-bond donors (Lipinski definition) is 0. The Hall–Kier alpha value is -1.72. The van der Waals surface area contributed by atoms with Crippen LogP contribution in [0, 0.1) is 0 Å². The molecule has 2 aromatic rings. The highest BCUT2D eigenvalue weighted by atomic mass is 35.5. The second kappa shape index (κ2) is 9.43. The summed E-state index contributed by atoms with van der Waals surface area (Å²) in [6.45, 7) is 1.24. The van der Waals surface area contributed by atoms with Gasteiger partial charge in [-0.25, -0.2) is 0 Å². The number of carbonyl (C=O) groups is 1. The van der Waals surface area contributed by atoms with E-state index in [0.717, 1.165) is 17.1 Å². The zero-order valence-corrected chi connectivity index (χ0v) is 14.5. The van der Waals surface area contributed by atoms with E-state index in [1.54, 1.807) is 29.4 Å². The molecule has 0 aliphatic carbocycles. The van der Waals surface area contributed by atoms with Crippen molar-refractivity contribution in [2.75, 3.05) is 26.0 Å². The van der Waals surface area contributed by atoms with E-state index in [1.807, 2.05) is 31.3 Å². The van der Waals surface area contributed by atoms with Crippen LogP contribution in [0.15, 0.2) is 53.7 Å². The number of halogens is 1. The van der Waals surface area contributed by atoms with Gasteiger partial charge in [-0.05, 0) is 42.8 Å². The van der Waals surface area contributed by atoms with Crippen LogP contribution in [0.4, 0.5) is 0 Å². The van der Waals surface area contributed by atoms with E-state index in [-0.39, 0.29) is 5.91 Å². The Balaban J connectivity index is 1.63. The first-order valence-electron chi connectivity index (χ1n) is 7.30. The van der Waals surface area contributed by atoms with Crippen molar-refractivity contribution in [3.63, 3.8) is 0 Å². The fourth-order valence-electron chi connectivity index (χ4n) is 1.84. The number of amides is 1. The fourth-order valence-corrected chi connectivity index (χ4v) is 2.79. The van der Waals surface area contributed by atoms with Crippen LogP contribution in [0.1, 0.15) is 6.42 Å². The number of nitrogens with zero attached hydrogens (tertiary/aromatic N) is 2. The smallest absolute Gasteiger partial charge is 0.232 e. The molecular formula is C17H19ClN2O2S. The van der Waals surface area contributed by atoms with Crippen LogP contribution >= 0.6 is 23.4 Å². The summed E-state index contributed by atoms with van der Waals surface area (Å²) in [6.07, 6.45) is 4.24. The summed E-state index contributed by atoms with van der Waals surface area (Å²) >= 11 is 7.34. The summed E-state index contributed by atoms with van der Waals surface area (Å²) in [4.78, 5) is 18.8. The van der Waals surface area contributed by atoms with Crippen LogP contribution in [0.3, 0.4) is 0 Å². The molecular weight excluding hydrogens is 332 g/mol. The molecule has 2 rings (SSSR count). The van der Waals surface area contributed by atoms with E-state index < -0.39 is 0 Å². The summed E-state index contributed by atoms with van der Waals surface area (Å²) < 4.78 is 5.61. The maximum atomic E-state index is 12.1. The third-order valence-corrected chi connectivity index (χ3v) is 4.41. The molecule has 6 heteroatoms. The molecule has 0 unspecified atom stereocenters. The monoisotopic (exact) mass is 350 g/mol. The fraction of sp³-hybridized carbons (Fsp3) is 0.294. The molecule has 0 radical (unpaired) electrons. The van der Waals surface area contributed by atoms with Gasteiger partial charge in [0.2, 0.25) is 5.91 Å². The van der Waals surface area contributed by atoms with Gasteiger partial charge < -0.3 is 9.64 Å². The Kier molecular flexibility index (Phi) is 7.23. The summed E-state index contributed by atoms with van der Waals surface area (Å²) in [5, 5.41) is 0.689. The van der Waals surface area contributed by atoms with Crippen molar-refractivity contribution in [3.8, 4) is 5.75 Å². The van der Waals surface area contributed by atoms with E-state index >= 15 is 0 Å². The number of rotatable bonds is 8. The predicted octanol–water partition coefficient (Wildman–Crippen LogP) is 3.75. The SMILES string of the molecule is CN(CCCOc1ccc(Cl)cc1)C(=O)CSc1ccncc1. The van der Waals surface area contributed by atoms with E-state index in [2.05, 4.69) is 4.98 Å². The Bertz CT molecular complexity index is 608. The number of aromatic nitrogens is 1. The van der Waals surface area contributed by atoms with Crippen molar-refractivity contribution in [2.24, 2.45) is 0 Å². The molecule has 122 valence electrons. The lowest BCUT2D eigenvalue weighted by atomic mass is 10.3. The summed E-state index contributed by atoms with van der Waals surface area (Å²) in [7, 11) is 1.82. The van der Waals surface area contributed by atoms with Crippen LogP contribution in [-0.4, -0.2) is 41.7 Å². The number of carbonyl (C=O) groups excluding carboxylic acids is 1. The van der Waals surface area contributed by atoms with Crippen molar-refractivity contribution >= 4 is 29.3 Å². The van der Waals surface area contributed by atoms with Crippen molar-refractivity contribution in [1.29, 1.82) is 0 Å². The topological polar surface area (TPSA) is 42.4 Å². The first-order chi connectivity index (χ1) is 11.1. The Morgan fingerprint density at radius 3 is 2.61 bits per heavy atom. The van der Waals surface area contributed by atoms with Gasteiger partial charge in [0, 0.05) is 35.9 Å². The second-order valence-electron chi connectivity index (χ2n) is 4.94. The average molecular weight is 351 g/mol. The van der Waals surface area contributed by atoms with Crippen molar-refractivity contribution < 1.29 is 9.53 Å². The molecule has 0 spiro atoms. The molecule has 0 atom stereocenters. The maximum Gasteiger partial charge on any atom is 0.232 e. The minimum absolute atomic E-state index is 0.110. The van der Waals surface area contributed by atoms with Crippen molar-refractivity contribution in [3.05, 3.63) is 53.8 Å². The number of thioether (sulfide) groups is 1. The predicted molar refractivity (Wildman–Crippen MR) is 94.2 cm³/mol. The van der Waals surface area contributed by atoms with Crippen molar-refractivity contribution in [2.45, 2.75) is 11.3 Å². The number of ether oxygens (including phenoxy) is 1. The zero-order chi connectivity index (χ0) is 16.5. The third kappa shape index (κ3) is 6.50. The van der Waals surface area contributed by atoms with E-state index in [4.69, 9.17) is 16.3 Å². The van der Waals surface area contributed by atoms with Crippen LogP contribution in [-0.2, 0) is 4.79 Å². The summed E-state index contributed by atoms with van der Waals surface area (Å²) in [6, 6.07) is 11.1. The molecule has 0 aliphatic rings. The lowest BCUT2D eigenvalue weighted by molar-refractivity contribution is -0.127. The van der Waals surface area contributed by atoms with Gasteiger partial charge in [0.05, 0.1) is 12.4 Å². The molecule has 1 amide bonds. The largest absolute Gasteiger partial charge is 0.494 e. The summed E-state index contributed by atoms with van der Waals surface area (Å²) in [5.74, 6) is 1.33. The quantitative estimate of drug-likeness (QED) is 0.537. The molecule has 23 heavy (non-hydrogen) atoms. The highest BCUT2D eigenvalue weighted by molar-refractivity contribution is 8.00. The highest BCUT2D eigenvalue weighted by Gasteiger charge is 2.09. The van der Waals surface area contributed by atoms with E-state index in [1.165, 1.54) is 11.8 Å². The van der Waals surface area contributed by atoms with Crippen LogP contribution in [0.25, 0.3) is 0 Å². The molecule has 4 nitrogen and oxygen atoms in total. The molecule has 0 fully saturated rings. The minimum Gasteiger partial charge on any atom is -0.494 e. The average Bonchev–Trinajstić information content (AvgIpc) is 2.59. The number of benzene rings is 1. The van der Waals surface area contributed by atoms with Gasteiger partial charge in [-0.1, -0.05) is 11.6 Å². The highest BCUT2D eigenvalue weighted by Crippen LogP contribution is 2.17. The van der Waals surface area contributed by atoms with Gasteiger partial charge in [0.1, 0.15) is 5.75 Å². The molecule has 0 aliphatic heterocycles. The zero-order valence-electron chi connectivity index (χ0n) is 12.9. The van der Waals surface area contributed by atoms with Gasteiger partial charge in [-0.3, -0.25) is 9.78 Å². The van der Waals surface area contributed by atoms with Gasteiger partial charge in [-0.15, -0.1) is 11.8 Å². The molecule has 0 N–H and O–H groups in total. The lowest BCUT2D eigenvalue weighted by Gasteiger charge is -2.17. The van der Waals surface area contributed by atoms with Crippen LogP contribution in [0.2, 0.25) is 5.02 Å². The molecule has 0 saturated carbocycles. The van der Waals surface area contributed by atoms with Crippen LogP contribution in [0.5, 0.6) is 5.75 Å². The Labute approximate surface area is 145 Å². The Morgan fingerprint density at radius 1 is 1.22 bits per heavy atom. The van der Waals surface area contributed by atoms with E-state index in [0.29, 0.717) is 23.9 Å². The lowest BCUT2D eigenvalue weighted by Crippen LogP contribution is -2.30. The van der Waals surface area contributed by atoms with Crippen molar-refractivity contribution in [1.82, 2.24) is 9.88 Å². The van der Waals surface area contributed by atoms with Gasteiger partial charge in [0.25, 0.3) is 0 Å². The molecule has 1 aromatic heterocycles. The Morgan fingerprint density at radius 2 is 1.91 bits per heavy atom. The molecule has 0 saturated heterocycles. The maximum absolute atomic E-state index is 12.1. The minimum atomic E-state index is 0.110. The number of pyridine rings is 1. The normalized spacial score (nSPS) is 10.3. The summed E-state index contributed by atoms with van der Waals surface area (Å²) in [5.41, 5.74) is 0. The van der Waals surface area contributed by atoms with Gasteiger partial charge in [-0.2, -0.15) is 0 Å². The number of hydrogen-bond acceptors (Lipinski definition) is 4. The van der Waals surface area contributed by atoms with E-state index in [9.17, 15) is 4.79 Å². The van der Waals surface area contributed by atoms with Gasteiger partial charge in [0.15, 0.2) is 0 Å². The first kappa shape index (κ1) is 17.6. The molecule has 1 heterocycles. The van der Waals surface area contributed by atoms with Gasteiger partial charge >= 0.3 is 0 Å². The standard InChI is InChI=1S/C17H19ClN2O2S/c1-20(17(21)13-23-16-7-9-19-10-8-16)11-2-12-22-15-5-3-14(18)4-6-15/h3-10H,2,11-13H2,1H3. The molecule has 1 aromatic carbocycles.